The summed E-state index contributed by atoms with van der Waals surface area (Å²) in [4.78, 5) is 11.2. The molecule has 1 heterocycles. The Morgan fingerprint density at radius 3 is 3.00 bits per heavy atom. The molecule has 0 spiro atoms. The van der Waals surface area contributed by atoms with Gasteiger partial charge in [0.1, 0.15) is 5.56 Å². The van der Waals surface area contributed by atoms with Crippen molar-refractivity contribution in [2.75, 3.05) is 18.6 Å². The number of anilines is 1. The second kappa shape index (κ2) is 4.48. The van der Waals surface area contributed by atoms with E-state index in [4.69, 9.17) is 5.73 Å². The van der Waals surface area contributed by atoms with Gasteiger partial charge in [-0.1, -0.05) is 6.92 Å². The van der Waals surface area contributed by atoms with Gasteiger partial charge in [-0.05, 0) is 17.3 Å². The van der Waals surface area contributed by atoms with Crippen molar-refractivity contribution in [1.82, 2.24) is 4.37 Å². The normalized spacial score (nSPS) is 10.0. The van der Waals surface area contributed by atoms with Crippen LogP contribution in [0.1, 0.15) is 17.3 Å². The van der Waals surface area contributed by atoms with Crippen molar-refractivity contribution in [3.05, 3.63) is 5.56 Å². The van der Waals surface area contributed by atoms with E-state index in [1.807, 2.05) is 6.92 Å². The van der Waals surface area contributed by atoms with Crippen LogP contribution in [0.5, 0.6) is 0 Å². The highest BCUT2D eigenvalue weighted by Crippen LogP contribution is 2.31. The van der Waals surface area contributed by atoms with E-state index < -0.39 is 5.97 Å². The van der Waals surface area contributed by atoms with Gasteiger partial charge in [-0.15, -0.1) is 11.8 Å². The summed E-state index contributed by atoms with van der Waals surface area (Å²) in [5, 5.41) is 0. The van der Waals surface area contributed by atoms with Gasteiger partial charge in [-0.25, -0.2) is 4.79 Å². The molecule has 0 unspecified atom stereocenters. The largest absolute Gasteiger partial charge is 0.465 e. The van der Waals surface area contributed by atoms with Gasteiger partial charge in [0.25, 0.3) is 0 Å². The molecule has 0 radical (unpaired) electrons. The van der Waals surface area contributed by atoms with Gasteiger partial charge in [-0.3, -0.25) is 0 Å². The molecule has 0 aliphatic carbocycles. The molecule has 0 atom stereocenters. The van der Waals surface area contributed by atoms with E-state index in [0.29, 0.717) is 5.56 Å². The maximum atomic E-state index is 11.2. The number of rotatable bonds is 3. The standard InChI is InChI=1S/C7H10N2O2S2/c1-3-12-7-4(6(10)11-2)5(8)9-13-7/h3H2,1-2H3,(H2,8,9). The van der Waals surface area contributed by atoms with E-state index in [2.05, 4.69) is 9.11 Å². The van der Waals surface area contributed by atoms with Crippen molar-refractivity contribution < 1.29 is 9.53 Å². The Hall–Kier alpha value is -0.750. The van der Waals surface area contributed by atoms with E-state index in [1.54, 1.807) is 11.8 Å². The zero-order valence-electron chi connectivity index (χ0n) is 7.36. The third-order valence-electron chi connectivity index (χ3n) is 1.35. The Bertz CT molecular complexity index is 311. The lowest BCUT2D eigenvalue weighted by atomic mass is 10.3. The first-order valence-corrected chi connectivity index (χ1v) is 5.42. The van der Waals surface area contributed by atoms with Gasteiger partial charge in [-0.2, -0.15) is 4.37 Å². The molecule has 0 bridgehead atoms. The fourth-order valence-corrected chi connectivity index (χ4v) is 2.63. The first-order valence-electron chi connectivity index (χ1n) is 3.67. The SMILES string of the molecule is CCSc1snc(N)c1C(=O)OC. The maximum absolute atomic E-state index is 11.2. The van der Waals surface area contributed by atoms with Crippen molar-refractivity contribution >= 4 is 35.1 Å². The Balaban J connectivity index is 3.01. The van der Waals surface area contributed by atoms with Gasteiger partial charge >= 0.3 is 5.97 Å². The quantitative estimate of drug-likeness (QED) is 0.617. The van der Waals surface area contributed by atoms with Crippen LogP contribution < -0.4 is 5.73 Å². The summed E-state index contributed by atoms with van der Waals surface area (Å²) >= 11 is 2.77. The predicted octanol–water partition coefficient (Wildman–Crippen LogP) is 1.62. The first kappa shape index (κ1) is 10.3. The van der Waals surface area contributed by atoms with Gasteiger partial charge in [0.05, 0.1) is 11.3 Å². The van der Waals surface area contributed by atoms with Crippen LogP contribution >= 0.6 is 23.3 Å². The lowest BCUT2D eigenvalue weighted by Crippen LogP contribution is -2.04. The number of hydrogen-bond donors (Lipinski definition) is 1. The highest BCUT2D eigenvalue weighted by Gasteiger charge is 2.19. The molecule has 4 nitrogen and oxygen atoms in total. The molecule has 0 saturated heterocycles. The van der Waals surface area contributed by atoms with E-state index in [9.17, 15) is 4.79 Å². The minimum atomic E-state index is -0.415. The topological polar surface area (TPSA) is 65.2 Å². The number of nitrogens with two attached hydrogens (primary N) is 1. The van der Waals surface area contributed by atoms with E-state index in [1.165, 1.54) is 18.6 Å². The van der Waals surface area contributed by atoms with Gasteiger partial charge < -0.3 is 10.5 Å². The number of nitrogen functional groups attached to an aromatic ring is 1. The molecule has 0 fully saturated rings. The molecule has 0 saturated carbocycles. The van der Waals surface area contributed by atoms with Gasteiger partial charge in [0.2, 0.25) is 0 Å². The number of carbonyl (C=O) groups is 1. The van der Waals surface area contributed by atoms with Crippen molar-refractivity contribution in [3.8, 4) is 0 Å². The molecule has 13 heavy (non-hydrogen) atoms. The van der Waals surface area contributed by atoms with Crippen LogP contribution in [0.2, 0.25) is 0 Å². The summed E-state index contributed by atoms with van der Waals surface area (Å²) in [5.74, 6) is 0.723. The number of methoxy groups -OCH3 is 1. The van der Waals surface area contributed by atoms with Crippen molar-refractivity contribution in [2.24, 2.45) is 0 Å². The summed E-state index contributed by atoms with van der Waals surface area (Å²) in [5.41, 5.74) is 5.94. The monoisotopic (exact) mass is 218 g/mol. The van der Waals surface area contributed by atoms with Crippen molar-refractivity contribution in [1.29, 1.82) is 0 Å². The molecule has 1 rings (SSSR count). The summed E-state index contributed by atoms with van der Waals surface area (Å²) in [6.45, 7) is 2.00. The second-order valence-corrected chi connectivity index (χ2v) is 4.46. The zero-order chi connectivity index (χ0) is 9.84. The third kappa shape index (κ3) is 2.13. The van der Waals surface area contributed by atoms with Crippen LogP contribution in [0, 0.1) is 0 Å². The fraction of sp³-hybridized carbons (Fsp3) is 0.429. The lowest BCUT2D eigenvalue weighted by molar-refractivity contribution is 0.0599. The van der Waals surface area contributed by atoms with Crippen LogP contribution in [-0.4, -0.2) is 23.2 Å². The number of carbonyl (C=O) groups excluding carboxylic acids is 1. The molecule has 2 N–H and O–H groups in total. The number of aromatic nitrogens is 1. The molecular weight excluding hydrogens is 208 g/mol. The first-order chi connectivity index (χ1) is 6.20. The van der Waals surface area contributed by atoms with E-state index in [-0.39, 0.29) is 5.82 Å². The molecule has 1 aromatic rings. The predicted molar refractivity (Wildman–Crippen MR) is 54.3 cm³/mol. The highest BCUT2D eigenvalue weighted by atomic mass is 32.2. The molecule has 6 heteroatoms. The van der Waals surface area contributed by atoms with Gasteiger partial charge in [0.15, 0.2) is 5.82 Å². The van der Waals surface area contributed by atoms with Crippen LogP contribution in [0.25, 0.3) is 0 Å². The van der Waals surface area contributed by atoms with E-state index in [0.717, 1.165) is 9.96 Å². The minimum absolute atomic E-state index is 0.257. The summed E-state index contributed by atoms with van der Waals surface area (Å²) in [6, 6.07) is 0. The van der Waals surface area contributed by atoms with Crippen molar-refractivity contribution in [2.45, 2.75) is 11.1 Å². The molecule has 0 aromatic carbocycles. The molecule has 0 amide bonds. The third-order valence-corrected chi connectivity index (χ3v) is 3.34. The molecule has 72 valence electrons. The van der Waals surface area contributed by atoms with E-state index >= 15 is 0 Å². The van der Waals surface area contributed by atoms with Crippen LogP contribution in [0.3, 0.4) is 0 Å². The summed E-state index contributed by atoms with van der Waals surface area (Å²) in [6.07, 6.45) is 0. The molecule has 0 aliphatic rings. The lowest BCUT2D eigenvalue weighted by Gasteiger charge is -1.99. The Labute approximate surface area is 84.6 Å². The number of esters is 1. The number of hydrogen-bond acceptors (Lipinski definition) is 6. The highest BCUT2D eigenvalue weighted by molar-refractivity contribution is 8.01. The Morgan fingerprint density at radius 2 is 2.46 bits per heavy atom. The summed E-state index contributed by atoms with van der Waals surface area (Å²) in [7, 11) is 1.33. The number of nitrogens with zero attached hydrogens (tertiary/aromatic N) is 1. The number of thioether (sulfide) groups is 1. The maximum Gasteiger partial charge on any atom is 0.343 e. The minimum Gasteiger partial charge on any atom is -0.465 e. The van der Waals surface area contributed by atoms with Gasteiger partial charge in [0, 0.05) is 0 Å². The average Bonchev–Trinajstić information content (AvgIpc) is 2.47. The fourth-order valence-electron chi connectivity index (χ4n) is 0.806. The number of ether oxygens (including phenoxy) is 1. The molecule has 0 aliphatic heterocycles. The Kier molecular flexibility index (Phi) is 3.56. The molecule has 1 aromatic heterocycles. The zero-order valence-corrected chi connectivity index (χ0v) is 9.00. The average molecular weight is 218 g/mol. The smallest absolute Gasteiger partial charge is 0.343 e. The summed E-state index contributed by atoms with van der Waals surface area (Å²) < 4.78 is 9.32. The van der Waals surface area contributed by atoms with Crippen molar-refractivity contribution in [3.63, 3.8) is 0 Å². The molecular formula is C7H10N2O2S2. The van der Waals surface area contributed by atoms with Crippen LogP contribution in [0.15, 0.2) is 4.21 Å². The van der Waals surface area contributed by atoms with Crippen LogP contribution in [-0.2, 0) is 4.74 Å². The second-order valence-electron chi connectivity index (χ2n) is 2.15. The van der Waals surface area contributed by atoms with Crippen LogP contribution in [0.4, 0.5) is 5.82 Å². The Morgan fingerprint density at radius 1 is 1.77 bits per heavy atom.